The Morgan fingerprint density at radius 1 is 1.28 bits per heavy atom. The number of carbonyl (C=O) groups excluding carboxylic acids is 1. The van der Waals surface area contributed by atoms with Crippen molar-refractivity contribution < 1.29 is 9.53 Å². The van der Waals surface area contributed by atoms with E-state index in [9.17, 15) is 4.79 Å². The molecule has 2 unspecified atom stereocenters. The van der Waals surface area contributed by atoms with Crippen molar-refractivity contribution in [3.8, 4) is 5.75 Å². The topological polar surface area (TPSA) is 29.5 Å². The molecule has 3 nitrogen and oxygen atoms in total. The molecule has 25 heavy (non-hydrogen) atoms. The van der Waals surface area contributed by atoms with Crippen molar-refractivity contribution >= 4 is 12.0 Å². The zero-order chi connectivity index (χ0) is 18.1. The summed E-state index contributed by atoms with van der Waals surface area (Å²) >= 11 is 0. The fraction of sp³-hybridized carbons (Fsp3) is 0.591. The number of hydrogen-bond acceptors (Lipinski definition) is 2. The average Bonchev–Trinajstić information content (AvgIpc) is 2.80. The van der Waals surface area contributed by atoms with Gasteiger partial charge in [-0.2, -0.15) is 0 Å². The summed E-state index contributed by atoms with van der Waals surface area (Å²) in [5.74, 6) is 0.985. The highest BCUT2D eigenvalue weighted by molar-refractivity contribution is 5.92. The molecule has 3 rings (SSSR count). The molecule has 0 spiro atoms. The van der Waals surface area contributed by atoms with Gasteiger partial charge >= 0.3 is 0 Å². The van der Waals surface area contributed by atoms with Gasteiger partial charge in [0.05, 0.1) is 6.61 Å². The number of rotatable bonds is 5. The lowest BCUT2D eigenvalue weighted by Gasteiger charge is -2.39. The van der Waals surface area contributed by atoms with Crippen LogP contribution < -0.4 is 4.74 Å². The van der Waals surface area contributed by atoms with E-state index < -0.39 is 0 Å². The second-order valence-corrected chi connectivity index (χ2v) is 8.90. The zero-order valence-corrected chi connectivity index (χ0v) is 16.0. The van der Waals surface area contributed by atoms with Gasteiger partial charge < -0.3 is 9.64 Å². The number of nitrogens with zero attached hydrogens (tertiary/aromatic N) is 1. The second kappa shape index (κ2) is 6.86. The smallest absolute Gasteiger partial charge is 0.246 e. The van der Waals surface area contributed by atoms with E-state index in [4.69, 9.17) is 4.74 Å². The predicted molar refractivity (Wildman–Crippen MR) is 103 cm³/mol. The first-order valence-electron chi connectivity index (χ1n) is 9.52. The van der Waals surface area contributed by atoms with Crippen LogP contribution in [-0.2, 0) is 4.79 Å². The van der Waals surface area contributed by atoms with Crippen LogP contribution in [-0.4, -0.2) is 30.0 Å². The molecule has 1 heterocycles. The van der Waals surface area contributed by atoms with Crippen LogP contribution in [0.3, 0.4) is 0 Å². The van der Waals surface area contributed by atoms with Gasteiger partial charge in [-0.15, -0.1) is 0 Å². The van der Waals surface area contributed by atoms with Crippen LogP contribution in [0, 0.1) is 10.8 Å². The lowest BCUT2D eigenvalue weighted by molar-refractivity contribution is -0.127. The van der Waals surface area contributed by atoms with Crippen LogP contribution in [0.5, 0.6) is 5.75 Å². The number of benzene rings is 1. The number of ether oxygens (including phenoxy) is 1. The van der Waals surface area contributed by atoms with Gasteiger partial charge in [-0.05, 0) is 48.7 Å². The summed E-state index contributed by atoms with van der Waals surface area (Å²) in [4.78, 5) is 14.9. The monoisotopic (exact) mass is 341 g/mol. The maximum absolute atomic E-state index is 12.8. The molecule has 3 heteroatoms. The van der Waals surface area contributed by atoms with Crippen LogP contribution in [0.2, 0.25) is 0 Å². The van der Waals surface area contributed by atoms with Crippen LogP contribution in [0.15, 0.2) is 30.3 Å². The number of amides is 1. The Morgan fingerprint density at radius 2 is 2.04 bits per heavy atom. The van der Waals surface area contributed by atoms with E-state index in [1.807, 2.05) is 30.3 Å². The molecule has 1 aliphatic carbocycles. The highest BCUT2D eigenvalue weighted by Crippen LogP contribution is 2.52. The summed E-state index contributed by atoms with van der Waals surface area (Å²) in [7, 11) is 0. The second-order valence-electron chi connectivity index (χ2n) is 8.90. The molecule has 0 N–H and O–H groups in total. The Hall–Kier alpha value is -1.77. The van der Waals surface area contributed by atoms with E-state index >= 15 is 0 Å². The summed E-state index contributed by atoms with van der Waals surface area (Å²) in [6, 6.07) is 8.30. The summed E-state index contributed by atoms with van der Waals surface area (Å²) in [6.45, 7) is 10.7. The lowest BCUT2D eigenvalue weighted by atomic mass is 9.65. The zero-order valence-electron chi connectivity index (χ0n) is 16.0. The fourth-order valence-electron chi connectivity index (χ4n) is 4.94. The van der Waals surface area contributed by atoms with Crippen molar-refractivity contribution in [3.63, 3.8) is 0 Å². The molecule has 1 saturated carbocycles. The molecule has 1 aromatic rings. The third kappa shape index (κ3) is 4.08. The van der Waals surface area contributed by atoms with Gasteiger partial charge in [-0.3, -0.25) is 4.79 Å². The Balaban J connectivity index is 1.72. The van der Waals surface area contributed by atoms with Gasteiger partial charge in [-0.1, -0.05) is 45.9 Å². The van der Waals surface area contributed by atoms with E-state index in [1.165, 1.54) is 6.42 Å². The quantitative estimate of drug-likeness (QED) is 0.712. The third-order valence-corrected chi connectivity index (χ3v) is 5.48. The first-order chi connectivity index (χ1) is 11.8. The first-order valence-corrected chi connectivity index (χ1v) is 9.52. The van der Waals surface area contributed by atoms with Crippen LogP contribution in [0.4, 0.5) is 0 Å². The highest BCUT2D eigenvalue weighted by Gasteiger charge is 2.50. The third-order valence-electron chi connectivity index (χ3n) is 5.48. The van der Waals surface area contributed by atoms with Crippen molar-refractivity contribution in [2.24, 2.45) is 10.8 Å². The normalized spacial score (nSPS) is 27.7. The molecule has 1 aromatic carbocycles. The summed E-state index contributed by atoms with van der Waals surface area (Å²) in [5.41, 5.74) is 1.58. The molecule has 2 aliphatic rings. The van der Waals surface area contributed by atoms with Crippen molar-refractivity contribution in [1.29, 1.82) is 0 Å². The molecule has 1 saturated heterocycles. The first kappa shape index (κ1) is 18.0. The van der Waals surface area contributed by atoms with Crippen LogP contribution in [0.25, 0.3) is 6.08 Å². The Morgan fingerprint density at radius 3 is 2.80 bits per heavy atom. The Kier molecular flexibility index (Phi) is 4.95. The Bertz CT molecular complexity index is 664. The minimum Gasteiger partial charge on any atom is -0.493 e. The maximum Gasteiger partial charge on any atom is 0.246 e. The molecule has 1 aliphatic heterocycles. The van der Waals surface area contributed by atoms with Gasteiger partial charge in [0.1, 0.15) is 5.75 Å². The molecule has 2 bridgehead atoms. The van der Waals surface area contributed by atoms with E-state index in [2.05, 4.69) is 32.6 Å². The molecule has 136 valence electrons. The molecular formula is C22H31NO2. The van der Waals surface area contributed by atoms with Gasteiger partial charge in [0.15, 0.2) is 0 Å². The van der Waals surface area contributed by atoms with Crippen molar-refractivity contribution in [2.75, 3.05) is 13.2 Å². The van der Waals surface area contributed by atoms with E-state index in [1.54, 1.807) is 6.08 Å². The minimum absolute atomic E-state index is 0.136. The number of para-hydroxylation sites is 1. The summed E-state index contributed by atoms with van der Waals surface area (Å²) in [6.07, 6.45) is 8.07. The van der Waals surface area contributed by atoms with Crippen molar-refractivity contribution in [2.45, 2.75) is 59.4 Å². The molecule has 0 aromatic heterocycles. The standard InChI is InChI=1S/C22H31NO2/c1-5-12-25-19-9-7-6-8-17(19)10-11-20(24)23-16-22(4)14-18(23)13-21(2,3)15-22/h6-11,18H,5,12-16H2,1-4H3/b11-10+. The number of carbonyl (C=O) groups is 1. The molecule has 2 atom stereocenters. The van der Waals surface area contributed by atoms with Gasteiger partial charge in [-0.25, -0.2) is 0 Å². The lowest BCUT2D eigenvalue weighted by Crippen LogP contribution is -2.36. The summed E-state index contributed by atoms with van der Waals surface area (Å²) < 4.78 is 5.78. The highest BCUT2D eigenvalue weighted by atomic mass is 16.5. The molecule has 1 amide bonds. The van der Waals surface area contributed by atoms with Crippen LogP contribution >= 0.6 is 0 Å². The maximum atomic E-state index is 12.8. The number of fused-ring (bicyclic) bond motifs is 2. The van der Waals surface area contributed by atoms with Gasteiger partial charge in [0.2, 0.25) is 5.91 Å². The molecule has 2 fully saturated rings. The summed E-state index contributed by atoms with van der Waals surface area (Å²) in [5, 5.41) is 0. The predicted octanol–water partition coefficient (Wildman–Crippen LogP) is 4.92. The van der Waals surface area contributed by atoms with Crippen LogP contribution in [0.1, 0.15) is 58.9 Å². The van der Waals surface area contributed by atoms with Gasteiger partial charge in [0.25, 0.3) is 0 Å². The van der Waals surface area contributed by atoms with Gasteiger partial charge in [0, 0.05) is 24.2 Å². The molecule has 0 radical (unpaired) electrons. The fourth-order valence-corrected chi connectivity index (χ4v) is 4.94. The Labute approximate surface area is 152 Å². The van der Waals surface area contributed by atoms with E-state index in [0.717, 1.165) is 37.1 Å². The van der Waals surface area contributed by atoms with E-state index in [-0.39, 0.29) is 11.3 Å². The average molecular weight is 341 g/mol. The molecular weight excluding hydrogens is 310 g/mol. The largest absolute Gasteiger partial charge is 0.493 e. The SMILES string of the molecule is CCCOc1ccccc1/C=C/C(=O)N1CC2(C)CC1CC(C)(C)C2. The number of likely N-dealkylation sites (tertiary alicyclic amines) is 1. The minimum atomic E-state index is 0.136. The van der Waals surface area contributed by atoms with Crippen molar-refractivity contribution in [3.05, 3.63) is 35.9 Å². The number of hydrogen-bond donors (Lipinski definition) is 0. The van der Waals surface area contributed by atoms with Crippen molar-refractivity contribution in [1.82, 2.24) is 4.90 Å². The van der Waals surface area contributed by atoms with E-state index in [0.29, 0.717) is 18.1 Å².